The zero-order valence-corrected chi connectivity index (χ0v) is 17.8. The van der Waals surface area contributed by atoms with Gasteiger partial charge in [0.1, 0.15) is 11.3 Å². The Kier molecular flexibility index (Phi) is 7.29. The van der Waals surface area contributed by atoms with Crippen molar-refractivity contribution in [1.82, 2.24) is 0 Å². The Balaban J connectivity index is 0.00000256. The molecule has 3 aromatic rings. The Labute approximate surface area is 181 Å². The third-order valence-electron chi connectivity index (χ3n) is 5.72. The number of halogens is 1. The van der Waals surface area contributed by atoms with Crippen molar-refractivity contribution in [2.24, 2.45) is 5.92 Å². The van der Waals surface area contributed by atoms with Crippen LogP contribution in [-0.4, -0.2) is 25.7 Å². The van der Waals surface area contributed by atoms with Gasteiger partial charge in [-0.3, -0.25) is 4.79 Å². The molecule has 0 saturated carbocycles. The molecule has 0 atom stereocenters. The number of para-hydroxylation sites is 1. The minimum Gasteiger partial charge on any atom is -1.00 e. The number of piperidine rings is 1. The Hall–Kier alpha value is -2.63. The molecule has 158 valence electrons. The van der Waals surface area contributed by atoms with Gasteiger partial charge in [-0.2, -0.15) is 0 Å². The molecule has 1 aromatic heterocycles. The van der Waals surface area contributed by atoms with E-state index in [4.69, 9.17) is 9.15 Å². The lowest BCUT2D eigenvalue weighted by Crippen LogP contribution is -3.00. The van der Waals surface area contributed by atoms with E-state index in [0.717, 1.165) is 25.1 Å². The van der Waals surface area contributed by atoms with E-state index in [1.165, 1.54) is 12.8 Å². The van der Waals surface area contributed by atoms with Crippen LogP contribution in [0, 0.1) is 12.8 Å². The molecule has 1 saturated heterocycles. The van der Waals surface area contributed by atoms with Crippen LogP contribution in [0.1, 0.15) is 35.2 Å². The van der Waals surface area contributed by atoms with Crippen molar-refractivity contribution in [1.29, 1.82) is 0 Å². The second kappa shape index (κ2) is 9.92. The summed E-state index contributed by atoms with van der Waals surface area (Å²) in [5.74, 6) is 0.663. The highest BCUT2D eigenvalue weighted by Gasteiger charge is 2.20. The molecule has 0 bridgehead atoms. The first-order valence-electron chi connectivity index (χ1n) is 10.3. The van der Waals surface area contributed by atoms with Gasteiger partial charge in [-0.1, -0.05) is 36.4 Å². The van der Waals surface area contributed by atoms with Crippen LogP contribution < -0.4 is 23.2 Å². The number of carbonyl (C=O) groups is 1. The molecule has 1 aliphatic heterocycles. The van der Waals surface area contributed by atoms with Crippen molar-refractivity contribution >= 4 is 16.9 Å². The summed E-state index contributed by atoms with van der Waals surface area (Å²) in [6.45, 7) is 4.44. The summed E-state index contributed by atoms with van der Waals surface area (Å²) in [6, 6.07) is 14.5. The van der Waals surface area contributed by atoms with Gasteiger partial charge < -0.3 is 26.9 Å². The van der Waals surface area contributed by atoms with Crippen molar-refractivity contribution in [3.05, 3.63) is 69.9 Å². The number of quaternary nitrogens is 1. The van der Waals surface area contributed by atoms with Crippen LogP contribution in [0.4, 0.5) is 0 Å². The average Bonchev–Trinajstić information content (AvgIpc) is 2.77. The van der Waals surface area contributed by atoms with E-state index in [0.29, 0.717) is 40.4 Å². The average molecular weight is 428 g/mol. The zero-order valence-electron chi connectivity index (χ0n) is 17.0. The van der Waals surface area contributed by atoms with Gasteiger partial charge in [-0.15, -0.1) is 0 Å². The summed E-state index contributed by atoms with van der Waals surface area (Å²) in [4.78, 5) is 25.7. The molecule has 2 heterocycles. The van der Waals surface area contributed by atoms with E-state index in [-0.39, 0.29) is 17.8 Å². The number of fused-ring (bicyclic) bond motifs is 1. The summed E-state index contributed by atoms with van der Waals surface area (Å²) in [6.07, 6.45) is 3.21. The molecule has 0 spiro atoms. The summed E-state index contributed by atoms with van der Waals surface area (Å²) in [5.41, 5.74) is 1.80. The maximum atomic E-state index is 12.9. The lowest BCUT2D eigenvalue weighted by molar-refractivity contribution is -0.664. The fourth-order valence-electron chi connectivity index (χ4n) is 4.02. The van der Waals surface area contributed by atoms with Gasteiger partial charge in [0.15, 0.2) is 11.0 Å². The highest BCUT2D eigenvalue weighted by atomic mass is 35.5. The molecular weight excluding hydrogens is 402 g/mol. The van der Waals surface area contributed by atoms with Crippen molar-refractivity contribution in [3.8, 4) is 11.3 Å². The molecule has 0 radical (unpaired) electrons. The summed E-state index contributed by atoms with van der Waals surface area (Å²) < 4.78 is 11.6. The normalized spacial score (nSPS) is 14.3. The number of ether oxygens (including phenoxy) is 1. The predicted molar refractivity (Wildman–Crippen MR) is 112 cm³/mol. The standard InChI is InChI=1S/C24H25NO4.ClH/c1-16-21(26)19-8-5-9-20(23(19)29-22(16)18-6-3-2-4-7-18)24(27)28-15-12-17-10-13-25-14-11-17;/h2-9,17,25H,10-15H2,1H3;1H. The number of benzene rings is 2. The van der Waals surface area contributed by atoms with Gasteiger partial charge in [0.25, 0.3) is 0 Å². The monoisotopic (exact) mass is 427 g/mol. The largest absolute Gasteiger partial charge is 1.00 e. The maximum absolute atomic E-state index is 12.9. The predicted octanol–water partition coefficient (Wildman–Crippen LogP) is 0.293. The first-order valence-corrected chi connectivity index (χ1v) is 10.3. The van der Waals surface area contributed by atoms with E-state index in [1.54, 1.807) is 25.1 Å². The van der Waals surface area contributed by atoms with Crippen LogP contribution in [0.2, 0.25) is 0 Å². The molecule has 0 amide bonds. The second-order valence-corrected chi connectivity index (χ2v) is 7.67. The number of esters is 1. The minimum absolute atomic E-state index is 0. The molecule has 5 nitrogen and oxygen atoms in total. The summed E-state index contributed by atoms with van der Waals surface area (Å²) in [7, 11) is 0. The first-order chi connectivity index (χ1) is 14.1. The van der Waals surface area contributed by atoms with Crippen LogP contribution in [0.15, 0.2) is 57.7 Å². The van der Waals surface area contributed by atoms with Crippen LogP contribution >= 0.6 is 0 Å². The fraction of sp³-hybridized carbons (Fsp3) is 0.333. The van der Waals surface area contributed by atoms with Crippen molar-refractivity contribution in [2.45, 2.75) is 26.2 Å². The smallest absolute Gasteiger partial charge is 0.341 e. The van der Waals surface area contributed by atoms with Gasteiger partial charge >= 0.3 is 5.97 Å². The molecule has 2 aromatic carbocycles. The van der Waals surface area contributed by atoms with E-state index in [1.807, 2.05) is 30.3 Å². The Morgan fingerprint density at radius 2 is 1.83 bits per heavy atom. The van der Waals surface area contributed by atoms with Crippen molar-refractivity contribution in [2.75, 3.05) is 19.7 Å². The Morgan fingerprint density at radius 1 is 1.10 bits per heavy atom. The minimum atomic E-state index is -0.441. The number of rotatable bonds is 5. The molecule has 1 fully saturated rings. The molecule has 6 heteroatoms. The molecule has 30 heavy (non-hydrogen) atoms. The highest BCUT2D eigenvalue weighted by Crippen LogP contribution is 2.27. The molecular formula is C24H26ClNO4. The fourth-order valence-corrected chi connectivity index (χ4v) is 4.02. The lowest BCUT2D eigenvalue weighted by Gasteiger charge is -2.19. The third-order valence-corrected chi connectivity index (χ3v) is 5.72. The number of hydrogen-bond acceptors (Lipinski definition) is 4. The van der Waals surface area contributed by atoms with Crippen LogP contribution in [-0.2, 0) is 4.74 Å². The van der Waals surface area contributed by atoms with Crippen molar-refractivity contribution < 1.29 is 31.7 Å². The second-order valence-electron chi connectivity index (χ2n) is 7.67. The molecule has 2 N–H and O–H groups in total. The molecule has 1 aliphatic rings. The maximum Gasteiger partial charge on any atom is 0.341 e. The van der Waals surface area contributed by atoms with Crippen LogP contribution in [0.25, 0.3) is 22.3 Å². The Morgan fingerprint density at radius 3 is 2.57 bits per heavy atom. The number of carbonyl (C=O) groups excluding carboxylic acids is 1. The van der Waals surface area contributed by atoms with Gasteiger partial charge in [-0.05, 0) is 44.2 Å². The highest BCUT2D eigenvalue weighted by molar-refractivity contribution is 6.02. The quantitative estimate of drug-likeness (QED) is 0.594. The lowest BCUT2D eigenvalue weighted by atomic mass is 9.95. The van der Waals surface area contributed by atoms with E-state index >= 15 is 0 Å². The topological polar surface area (TPSA) is 73.1 Å². The van der Waals surface area contributed by atoms with Crippen LogP contribution in [0.5, 0.6) is 0 Å². The number of nitrogens with two attached hydrogens (primary N) is 1. The summed E-state index contributed by atoms with van der Waals surface area (Å²) >= 11 is 0. The van der Waals surface area contributed by atoms with Gasteiger partial charge in [0.2, 0.25) is 0 Å². The zero-order chi connectivity index (χ0) is 20.2. The molecule has 4 rings (SSSR count). The van der Waals surface area contributed by atoms with Gasteiger partial charge in [-0.25, -0.2) is 4.79 Å². The first kappa shape index (κ1) is 22.1. The van der Waals surface area contributed by atoms with Crippen LogP contribution in [0.3, 0.4) is 0 Å². The van der Waals surface area contributed by atoms with E-state index in [2.05, 4.69) is 5.32 Å². The third kappa shape index (κ3) is 4.58. The Bertz CT molecular complexity index is 1070. The van der Waals surface area contributed by atoms with Gasteiger partial charge in [0.05, 0.1) is 25.1 Å². The number of hydrogen-bond donors (Lipinski definition) is 1. The molecule has 0 unspecified atom stereocenters. The molecule has 0 aliphatic carbocycles. The van der Waals surface area contributed by atoms with Crippen molar-refractivity contribution in [3.63, 3.8) is 0 Å². The summed E-state index contributed by atoms with van der Waals surface area (Å²) in [5, 5.41) is 2.73. The van der Waals surface area contributed by atoms with E-state index in [9.17, 15) is 9.59 Å². The van der Waals surface area contributed by atoms with Gasteiger partial charge in [0, 0.05) is 11.1 Å². The van der Waals surface area contributed by atoms with E-state index < -0.39 is 5.97 Å². The SMILES string of the molecule is Cc1c(-c2ccccc2)oc2c(C(=O)OCCC3CC[NH2+]CC3)cccc2c1=O.[Cl-].